The number of carbonyl (C=O) groups excluding carboxylic acids is 1. The largest absolute Gasteiger partial charge is 0.322 e. The van der Waals surface area contributed by atoms with Crippen LogP contribution in [0.25, 0.3) is 0 Å². The van der Waals surface area contributed by atoms with Crippen molar-refractivity contribution in [1.29, 1.82) is 0 Å². The van der Waals surface area contributed by atoms with Gasteiger partial charge in [-0.2, -0.15) is 0 Å². The molecule has 4 heteroatoms. The van der Waals surface area contributed by atoms with E-state index in [0.717, 1.165) is 17.8 Å². The summed E-state index contributed by atoms with van der Waals surface area (Å²) in [6.45, 7) is 4.71. The number of hydrazine groups is 1. The lowest BCUT2D eigenvalue weighted by atomic mass is 9.95. The Morgan fingerprint density at radius 3 is 2.24 bits per heavy atom. The van der Waals surface area contributed by atoms with Gasteiger partial charge in [0.25, 0.3) is 0 Å². The van der Waals surface area contributed by atoms with Gasteiger partial charge in [-0.3, -0.25) is 14.8 Å². The average molecular weight is 233 g/mol. The molecule has 92 valence electrons. The van der Waals surface area contributed by atoms with Crippen LogP contribution in [-0.4, -0.2) is 24.5 Å². The molecule has 0 spiro atoms. The summed E-state index contributed by atoms with van der Waals surface area (Å²) in [5, 5.41) is 3.65. The predicted molar refractivity (Wildman–Crippen MR) is 68.4 cm³/mol. The highest BCUT2D eigenvalue weighted by Gasteiger charge is 2.25. The molecule has 4 nitrogen and oxygen atoms in total. The molecule has 0 saturated carbocycles. The van der Waals surface area contributed by atoms with Crippen LogP contribution < -0.4 is 10.7 Å². The van der Waals surface area contributed by atoms with Crippen LogP contribution in [0.1, 0.15) is 25.8 Å². The van der Waals surface area contributed by atoms with Crippen molar-refractivity contribution in [2.75, 3.05) is 18.6 Å². The Labute approximate surface area is 102 Å². The molecule has 1 aromatic rings. The molecule has 0 aromatic heterocycles. The van der Waals surface area contributed by atoms with Crippen molar-refractivity contribution >= 4 is 11.6 Å². The third kappa shape index (κ3) is 2.26. The van der Waals surface area contributed by atoms with Crippen molar-refractivity contribution in [3.63, 3.8) is 0 Å². The topological polar surface area (TPSA) is 49.6 Å². The van der Waals surface area contributed by atoms with Gasteiger partial charge in [0.15, 0.2) is 0 Å². The zero-order chi connectivity index (χ0) is 12.6. The van der Waals surface area contributed by atoms with Crippen LogP contribution in [-0.2, 0) is 10.3 Å². The van der Waals surface area contributed by atoms with Crippen molar-refractivity contribution in [1.82, 2.24) is 5.01 Å². The van der Waals surface area contributed by atoms with Gasteiger partial charge in [0, 0.05) is 25.6 Å². The van der Waals surface area contributed by atoms with Gasteiger partial charge in [0.05, 0.1) is 5.69 Å². The van der Waals surface area contributed by atoms with E-state index in [-0.39, 0.29) is 11.4 Å². The zero-order valence-electron chi connectivity index (χ0n) is 10.6. The number of hydrogen-bond donors (Lipinski definition) is 1. The summed E-state index contributed by atoms with van der Waals surface area (Å²) < 4.78 is 0. The summed E-state index contributed by atoms with van der Waals surface area (Å²) in [5.74, 6) is 0.160. The summed E-state index contributed by atoms with van der Waals surface area (Å²) in [6, 6.07) is 8.07. The molecule has 17 heavy (non-hydrogen) atoms. The first kappa shape index (κ1) is 11.9. The fraction of sp³-hybridized carbons (Fsp3) is 0.462. The van der Waals surface area contributed by atoms with Crippen molar-refractivity contribution < 1.29 is 4.79 Å². The maximum absolute atomic E-state index is 11.4. The highest BCUT2D eigenvalue weighted by Crippen LogP contribution is 2.24. The second-order valence-corrected chi connectivity index (χ2v) is 5.06. The molecule has 2 N–H and O–H groups in total. The predicted octanol–water partition coefficient (Wildman–Crippen LogP) is 1.46. The number of hydrogen-bond acceptors (Lipinski definition) is 3. The molecular formula is C13H19N3O. The molecule has 0 radical (unpaired) electrons. The standard InChI is InChI=1S/C13H19N3O/c1-13(2,14)10-4-6-11(7-5-10)16-9-8-12(17)15(16)3/h4-7H,8-9,14H2,1-3H3. The van der Waals surface area contributed by atoms with E-state index >= 15 is 0 Å². The fourth-order valence-corrected chi connectivity index (χ4v) is 2.01. The molecule has 0 bridgehead atoms. The second kappa shape index (κ2) is 4.04. The Bertz CT molecular complexity index is 419. The SMILES string of the molecule is CN1C(=O)CCN1c1ccc(C(C)(C)N)cc1. The number of anilines is 1. The molecule has 0 unspecified atom stereocenters. The minimum absolute atomic E-state index is 0.160. The molecule has 1 saturated heterocycles. The van der Waals surface area contributed by atoms with Crippen molar-refractivity contribution in [3.05, 3.63) is 29.8 Å². The third-order valence-electron chi connectivity index (χ3n) is 3.17. The second-order valence-electron chi connectivity index (χ2n) is 5.06. The van der Waals surface area contributed by atoms with Gasteiger partial charge in [-0.15, -0.1) is 0 Å². The number of nitrogens with zero attached hydrogens (tertiary/aromatic N) is 2. The van der Waals surface area contributed by atoms with Crippen LogP contribution in [0.4, 0.5) is 5.69 Å². The molecule has 1 aliphatic heterocycles. The minimum Gasteiger partial charge on any atom is -0.322 e. The van der Waals surface area contributed by atoms with Crippen LogP contribution in [0.3, 0.4) is 0 Å². The smallest absolute Gasteiger partial charge is 0.242 e. The maximum Gasteiger partial charge on any atom is 0.242 e. The van der Waals surface area contributed by atoms with E-state index in [1.54, 1.807) is 12.1 Å². The van der Waals surface area contributed by atoms with Crippen LogP contribution in [0, 0.1) is 0 Å². The molecule has 2 rings (SSSR count). The average Bonchev–Trinajstić information content (AvgIpc) is 2.59. The molecule has 1 aliphatic rings. The first-order valence-electron chi connectivity index (χ1n) is 5.83. The lowest BCUT2D eigenvalue weighted by Crippen LogP contribution is -2.35. The van der Waals surface area contributed by atoms with Crippen molar-refractivity contribution in [2.24, 2.45) is 5.73 Å². The molecule has 1 fully saturated rings. The Hall–Kier alpha value is -1.55. The zero-order valence-corrected chi connectivity index (χ0v) is 10.6. The Morgan fingerprint density at radius 1 is 1.24 bits per heavy atom. The Balaban J connectivity index is 2.22. The van der Waals surface area contributed by atoms with E-state index in [1.165, 1.54) is 0 Å². The molecule has 1 aromatic carbocycles. The molecule has 1 amide bonds. The summed E-state index contributed by atoms with van der Waals surface area (Å²) in [6.07, 6.45) is 0.584. The van der Waals surface area contributed by atoms with Gasteiger partial charge >= 0.3 is 0 Å². The van der Waals surface area contributed by atoms with Gasteiger partial charge in [0.1, 0.15) is 0 Å². The lowest BCUT2D eigenvalue weighted by Gasteiger charge is -2.27. The normalized spacial score (nSPS) is 16.8. The van der Waals surface area contributed by atoms with Crippen LogP contribution in [0.2, 0.25) is 0 Å². The first-order chi connectivity index (χ1) is 7.89. The maximum atomic E-state index is 11.4. The van der Waals surface area contributed by atoms with Gasteiger partial charge in [-0.05, 0) is 31.5 Å². The molecule has 0 atom stereocenters. The third-order valence-corrected chi connectivity index (χ3v) is 3.17. The summed E-state index contributed by atoms with van der Waals surface area (Å²) in [7, 11) is 1.80. The Morgan fingerprint density at radius 2 is 1.82 bits per heavy atom. The Kier molecular flexibility index (Phi) is 2.83. The lowest BCUT2D eigenvalue weighted by molar-refractivity contribution is -0.126. The van der Waals surface area contributed by atoms with E-state index in [1.807, 2.05) is 43.1 Å². The van der Waals surface area contributed by atoms with Crippen LogP contribution in [0.15, 0.2) is 24.3 Å². The molecule has 1 heterocycles. The summed E-state index contributed by atoms with van der Waals surface area (Å²) in [4.78, 5) is 11.4. The van der Waals surface area contributed by atoms with Gasteiger partial charge in [-0.1, -0.05) is 12.1 Å². The fourth-order valence-electron chi connectivity index (χ4n) is 2.01. The van der Waals surface area contributed by atoms with E-state index in [0.29, 0.717) is 6.42 Å². The highest BCUT2D eigenvalue weighted by molar-refractivity contribution is 5.81. The summed E-state index contributed by atoms with van der Waals surface area (Å²) >= 11 is 0. The van der Waals surface area contributed by atoms with E-state index < -0.39 is 0 Å². The van der Waals surface area contributed by atoms with Gasteiger partial charge in [0.2, 0.25) is 5.91 Å². The summed E-state index contributed by atoms with van der Waals surface area (Å²) in [5.41, 5.74) is 7.83. The van der Waals surface area contributed by atoms with E-state index in [4.69, 9.17) is 5.73 Å². The van der Waals surface area contributed by atoms with E-state index in [2.05, 4.69) is 0 Å². The number of benzene rings is 1. The first-order valence-corrected chi connectivity index (χ1v) is 5.83. The van der Waals surface area contributed by atoms with Crippen LogP contribution in [0.5, 0.6) is 0 Å². The number of amides is 1. The van der Waals surface area contributed by atoms with Gasteiger partial charge < -0.3 is 5.73 Å². The van der Waals surface area contributed by atoms with Crippen molar-refractivity contribution in [3.8, 4) is 0 Å². The van der Waals surface area contributed by atoms with Crippen molar-refractivity contribution in [2.45, 2.75) is 25.8 Å². The molecular weight excluding hydrogens is 214 g/mol. The molecule has 0 aliphatic carbocycles. The van der Waals surface area contributed by atoms with Gasteiger partial charge in [-0.25, -0.2) is 0 Å². The highest BCUT2D eigenvalue weighted by atomic mass is 16.2. The number of rotatable bonds is 2. The monoisotopic (exact) mass is 233 g/mol. The van der Waals surface area contributed by atoms with E-state index in [9.17, 15) is 4.79 Å². The minimum atomic E-state index is -0.328. The van der Waals surface area contributed by atoms with Crippen LogP contribution >= 0.6 is 0 Å². The number of nitrogens with two attached hydrogens (primary N) is 1. The number of carbonyl (C=O) groups is 1. The quantitative estimate of drug-likeness (QED) is 0.841.